The van der Waals surface area contributed by atoms with E-state index in [1.807, 2.05) is 0 Å². The number of carbonyl (C=O) groups is 2. The summed E-state index contributed by atoms with van der Waals surface area (Å²) in [5.74, 6) is -1.65. The van der Waals surface area contributed by atoms with Crippen molar-refractivity contribution in [2.75, 3.05) is 0 Å². The Morgan fingerprint density at radius 1 is 1.19 bits per heavy atom. The molecule has 0 spiro atoms. The van der Waals surface area contributed by atoms with Crippen LogP contribution in [0.25, 0.3) is 0 Å². The van der Waals surface area contributed by atoms with E-state index in [0.717, 1.165) is 0 Å². The van der Waals surface area contributed by atoms with E-state index < -0.39 is 17.5 Å². The molecule has 0 unspecified atom stereocenters. The number of carboxylic acid groups (broad SMARTS) is 1. The van der Waals surface area contributed by atoms with Gasteiger partial charge in [0.15, 0.2) is 0 Å². The second-order valence-electron chi connectivity index (χ2n) is 4.40. The first-order valence-electron chi connectivity index (χ1n) is 4.89. The number of aliphatic carboxylic acids is 1. The molecule has 0 aromatic carbocycles. The summed E-state index contributed by atoms with van der Waals surface area (Å²) >= 11 is 0. The van der Waals surface area contributed by atoms with Crippen LogP contribution < -0.4 is 0 Å². The standard InChI is InChI=1S/C10H14N2O4/c1-10(2,3)16-9(15)7-5-4-6(8(13)14)11-12-7/h4-5H2,1-3H3,(H,13,14). The number of ether oxygens (including phenoxy) is 1. The van der Waals surface area contributed by atoms with Crippen LogP contribution in [0.2, 0.25) is 0 Å². The first-order chi connectivity index (χ1) is 7.29. The third-order valence-corrected chi connectivity index (χ3v) is 1.77. The van der Waals surface area contributed by atoms with Crippen molar-refractivity contribution in [3.8, 4) is 0 Å². The number of carbonyl (C=O) groups excluding carboxylic acids is 1. The predicted octanol–water partition coefficient (Wildman–Crippen LogP) is 1.00. The van der Waals surface area contributed by atoms with Gasteiger partial charge in [0.25, 0.3) is 0 Å². The van der Waals surface area contributed by atoms with Crippen LogP contribution in [-0.2, 0) is 14.3 Å². The van der Waals surface area contributed by atoms with Crippen LogP contribution in [0.3, 0.4) is 0 Å². The van der Waals surface area contributed by atoms with Gasteiger partial charge in [0, 0.05) is 12.8 Å². The van der Waals surface area contributed by atoms with Crippen LogP contribution in [0, 0.1) is 0 Å². The first kappa shape index (κ1) is 12.4. The Kier molecular flexibility index (Phi) is 3.41. The van der Waals surface area contributed by atoms with E-state index in [0.29, 0.717) is 0 Å². The van der Waals surface area contributed by atoms with Crippen LogP contribution in [0.15, 0.2) is 10.2 Å². The highest BCUT2D eigenvalue weighted by molar-refractivity contribution is 6.41. The lowest BCUT2D eigenvalue weighted by Gasteiger charge is -2.20. The lowest BCUT2D eigenvalue weighted by atomic mass is 10.1. The van der Waals surface area contributed by atoms with Gasteiger partial charge in [0.05, 0.1) is 0 Å². The van der Waals surface area contributed by atoms with Crippen molar-refractivity contribution < 1.29 is 19.4 Å². The molecule has 0 aromatic rings. The van der Waals surface area contributed by atoms with Crippen molar-refractivity contribution in [1.29, 1.82) is 0 Å². The zero-order chi connectivity index (χ0) is 12.3. The minimum atomic E-state index is -1.10. The summed E-state index contributed by atoms with van der Waals surface area (Å²) in [6.45, 7) is 5.25. The first-order valence-corrected chi connectivity index (χ1v) is 4.89. The topological polar surface area (TPSA) is 88.3 Å². The third-order valence-electron chi connectivity index (χ3n) is 1.77. The third kappa shape index (κ3) is 3.45. The molecular formula is C10H14N2O4. The van der Waals surface area contributed by atoms with Gasteiger partial charge in [-0.05, 0) is 20.8 Å². The SMILES string of the molecule is CC(C)(C)OC(=O)C1=NN=C(C(=O)O)CC1. The lowest BCUT2D eigenvalue weighted by Crippen LogP contribution is -2.30. The molecule has 6 nitrogen and oxygen atoms in total. The van der Waals surface area contributed by atoms with E-state index in [4.69, 9.17) is 9.84 Å². The van der Waals surface area contributed by atoms with Gasteiger partial charge in [-0.25, -0.2) is 9.59 Å². The highest BCUT2D eigenvalue weighted by Crippen LogP contribution is 2.12. The maximum Gasteiger partial charge on any atom is 0.355 e. The van der Waals surface area contributed by atoms with E-state index in [9.17, 15) is 9.59 Å². The zero-order valence-corrected chi connectivity index (χ0v) is 9.48. The van der Waals surface area contributed by atoms with Gasteiger partial charge in [-0.1, -0.05) is 0 Å². The van der Waals surface area contributed by atoms with Crippen LogP contribution in [-0.4, -0.2) is 34.1 Å². The van der Waals surface area contributed by atoms with Crippen molar-refractivity contribution in [2.24, 2.45) is 10.2 Å². The molecule has 1 aliphatic heterocycles. The second kappa shape index (κ2) is 4.42. The highest BCUT2D eigenvalue weighted by atomic mass is 16.6. The van der Waals surface area contributed by atoms with E-state index in [1.165, 1.54) is 0 Å². The van der Waals surface area contributed by atoms with Crippen molar-refractivity contribution in [2.45, 2.75) is 39.2 Å². The van der Waals surface area contributed by atoms with Gasteiger partial charge in [0.2, 0.25) is 0 Å². The summed E-state index contributed by atoms with van der Waals surface area (Å²) in [6, 6.07) is 0. The molecule has 0 aliphatic carbocycles. The molecule has 1 aliphatic rings. The van der Waals surface area contributed by atoms with E-state index in [1.54, 1.807) is 20.8 Å². The minimum Gasteiger partial charge on any atom is -0.477 e. The fourth-order valence-corrected chi connectivity index (χ4v) is 1.09. The Labute approximate surface area is 93.0 Å². The molecule has 0 saturated carbocycles. The monoisotopic (exact) mass is 226 g/mol. The average Bonchev–Trinajstić information content (AvgIpc) is 2.15. The van der Waals surface area contributed by atoms with Crippen LogP contribution >= 0.6 is 0 Å². The Balaban J connectivity index is 2.71. The Hall–Kier alpha value is -1.72. The molecular weight excluding hydrogens is 212 g/mol. The highest BCUT2D eigenvalue weighted by Gasteiger charge is 2.24. The van der Waals surface area contributed by atoms with Crippen molar-refractivity contribution in [1.82, 2.24) is 0 Å². The van der Waals surface area contributed by atoms with Crippen molar-refractivity contribution >= 4 is 23.4 Å². The summed E-state index contributed by atoms with van der Waals surface area (Å²) < 4.78 is 5.09. The fraction of sp³-hybridized carbons (Fsp3) is 0.600. The largest absolute Gasteiger partial charge is 0.477 e. The van der Waals surface area contributed by atoms with Gasteiger partial charge in [-0.2, -0.15) is 0 Å². The molecule has 88 valence electrons. The fourth-order valence-electron chi connectivity index (χ4n) is 1.09. The molecule has 0 aromatic heterocycles. The van der Waals surface area contributed by atoms with Crippen molar-refractivity contribution in [3.05, 3.63) is 0 Å². The molecule has 1 N–H and O–H groups in total. The predicted molar refractivity (Wildman–Crippen MR) is 57.6 cm³/mol. The molecule has 0 amide bonds. The Bertz CT molecular complexity index is 377. The quantitative estimate of drug-likeness (QED) is 0.711. The molecule has 1 rings (SSSR count). The van der Waals surface area contributed by atoms with Crippen LogP contribution in [0.1, 0.15) is 33.6 Å². The smallest absolute Gasteiger partial charge is 0.355 e. The Morgan fingerprint density at radius 2 is 1.69 bits per heavy atom. The van der Waals surface area contributed by atoms with Gasteiger partial charge < -0.3 is 9.84 Å². The molecule has 0 bridgehead atoms. The van der Waals surface area contributed by atoms with Gasteiger partial charge in [-0.3, -0.25) is 0 Å². The number of hydrogen-bond donors (Lipinski definition) is 1. The molecule has 16 heavy (non-hydrogen) atoms. The average molecular weight is 226 g/mol. The lowest BCUT2D eigenvalue weighted by molar-refractivity contribution is -0.146. The zero-order valence-electron chi connectivity index (χ0n) is 9.48. The molecule has 0 radical (unpaired) electrons. The van der Waals surface area contributed by atoms with E-state index in [-0.39, 0.29) is 24.3 Å². The van der Waals surface area contributed by atoms with E-state index >= 15 is 0 Å². The molecule has 0 atom stereocenters. The molecule has 0 fully saturated rings. The summed E-state index contributed by atoms with van der Waals surface area (Å²) in [7, 11) is 0. The second-order valence-corrected chi connectivity index (χ2v) is 4.40. The number of esters is 1. The molecule has 0 saturated heterocycles. The van der Waals surface area contributed by atoms with Crippen LogP contribution in [0.4, 0.5) is 0 Å². The summed E-state index contributed by atoms with van der Waals surface area (Å²) in [5.41, 5.74) is -0.455. The van der Waals surface area contributed by atoms with Crippen LogP contribution in [0.5, 0.6) is 0 Å². The van der Waals surface area contributed by atoms with Gasteiger partial charge >= 0.3 is 11.9 Å². The van der Waals surface area contributed by atoms with E-state index in [2.05, 4.69) is 10.2 Å². The number of carboxylic acids is 1. The number of rotatable bonds is 2. The van der Waals surface area contributed by atoms with Gasteiger partial charge in [0.1, 0.15) is 17.0 Å². The number of hydrogen-bond acceptors (Lipinski definition) is 5. The summed E-state index contributed by atoms with van der Waals surface area (Å²) in [6.07, 6.45) is 0.452. The maximum absolute atomic E-state index is 11.5. The summed E-state index contributed by atoms with van der Waals surface area (Å²) in [4.78, 5) is 22.1. The van der Waals surface area contributed by atoms with Crippen molar-refractivity contribution in [3.63, 3.8) is 0 Å². The normalized spacial score (nSPS) is 16.2. The maximum atomic E-state index is 11.5. The molecule has 6 heteroatoms. The Morgan fingerprint density at radius 3 is 2.06 bits per heavy atom. The van der Waals surface area contributed by atoms with Gasteiger partial charge in [-0.15, -0.1) is 10.2 Å². The minimum absolute atomic E-state index is 0.0349. The molecule has 1 heterocycles. The summed E-state index contributed by atoms with van der Waals surface area (Å²) in [5, 5.41) is 15.7. The number of nitrogens with zero attached hydrogens (tertiary/aromatic N) is 2.